The molecule has 0 aromatic heterocycles. The van der Waals surface area contributed by atoms with Gasteiger partial charge in [-0.15, -0.1) is 0 Å². The molecule has 0 amide bonds. The molecule has 0 radical (unpaired) electrons. The molecule has 1 unspecified atom stereocenters. The largest absolute Gasteiger partial charge is 0.389 e. The summed E-state index contributed by atoms with van der Waals surface area (Å²) in [7, 11) is 0. The number of hydrogen-bond donors (Lipinski definition) is 1. The molecule has 98 valence electrons. The van der Waals surface area contributed by atoms with E-state index < -0.39 is 0 Å². The van der Waals surface area contributed by atoms with E-state index in [2.05, 4.69) is 0 Å². The summed E-state index contributed by atoms with van der Waals surface area (Å²) in [6.45, 7) is 2.11. The van der Waals surface area contributed by atoms with E-state index in [9.17, 15) is 0 Å². The second-order valence-electron chi connectivity index (χ2n) is 4.57. The number of ether oxygens (including phenoxy) is 2. The lowest BCUT2D eigenvalue weighted by atomic mass is 10.1. The summed E-state index contributed by atoms with van der Waals surface area (Å²) in [6, 6.07) is 7.86. The first-order valence-electron chi connectivity index (χ1n) is 6.34. The molecule has 1 aliphatic rings. The Balaban J connectivity index is 1.78. The van der Waals surface area contributed by atoms with E-state index in [1.807, 2.05) is 24.3 Å². The Kier molecular flexibility index (Phi) is 5.11. The van der Waals surface area contributed by atoms with Gasteiger partial charge in [0.05, 0.1) is 19.3 Å². The van der Waals surface area contributed by atoms with Crippen molar-refractivity contribution in [3.8, 4) is 0 Å². The highest BCUT2D eigenvalue weighted by Gasteiger charge is 2.13. The van der Waals surface area contributed by atoms with Crippen molar-refractivity contribution in [2.45, 2.75) is 32.0 Å². The smallest absolute Gasteiger partial charge is 0.103 e. The monoisotopic (exact) mass is 265 g/mol. The highest BCUT2D eigenvalue weighted by molar-refractivity contribution is 7.80. The van der Waals surface area contributed by atoms with Gasteiger partial charge in [0.1, 0.15) is 4.99 Å². The molecule has 1 saturated heterocycles. The van der Waals surface area contributed by atoms with Gasteiger partial charge >= 0.3 is 0 Å². The van der Waals surface area contributed by atoms with Gasteiger partial charge < -0.3 is 15.2 Å². The molecule has 2 N–H and O–H groups in total. The molecule has 2 rings (SSSR count). The van der Waals surface area contributed by atoms with Crippen LogP contribution in [0.2, 0.25) is 0 Å². The molecule has 1 aromatic rings. The molecule has 4 heteroatoms. The van der Waals surface area contributed by atoms with Crippen LogP contribution in [0.3, 0.4) is 0 Å². The number of rotatable bonds is 5. The van der Waals surface area contributed by atoms with Crippen molar-refractivity contribution in [3.63, 3.8) is 0 Å². The first kappa shape index (κ1) is 13.5. The fourth-order valence-electron chi connectivity index (χ4n) is 2.06. The Hall–Kier alpha value is -0.970. The average Bonchev–Trinajstić information content (AvgIpc) is 2.40. The fraction of sp³-hybridized carbons (Fsp3) is 0.500. The van der Waals surface area contributed by atoms with E-state index in [1.165, 1.54) is 12.8 Å². The predicted octanol–water partition coefficient (Wildman–Crippen LogP) is 2.41. The minimum atomic E-state index is 0.262. The third kappa shape index (κ3) is 4.05. The van der Waals surface area contributed by atoms with Crippen LogP contribution in [0.5, 0.6) is 0 Å². The van der Waals surface area contributed by atoms with Crippen molar-refractivity contribution in [2.24, 2.45) is 5.73 Å². The van der Waals surface area contributed by atoms with Crippen molar-refractivity contribution < 1.29 is 9.47 Å². The summed E-state index contributed by atoms with van der Waals surface area (Å²) >= 11 is 4.95. The Morgan fingerprint density at radius 3 is 3.06 bits per heavy atom. The zero-order valence-corrected chi connectivity index (χ0v) is 11.2. The Labute approximate surface area is 113 Å². The third-order valence-electron chi connectivity index (χ3n) is 3.06. The number of nitrogens with two attached hydrogens (primary N) is 1. The number of thiocarbonyl (C=S) groups is 1. The second kappa shape index (κ2) is 6.83. The van der Waals surface area contributed by atoms with Gasteiger partial charge in [-0.2, -0.15) is 0 Å². The molecular formula is C14H19NO2S. The minimum Gasteiger partial charge on any atom is -0.389 e. The first-order valence-corrected chi connectivity index (χ1v) is 6.74. The van der Waals surface area contributed by atoms with Gasteiger partial charge in [0.2, 0.25) is 0 Å². The van der Waals surface area contributed by atoms with Gasteiger partial charge in [-0.1, -0.05) is 30.4 Å². The van der Waals surface area contributed by atoms with Gasteiger partial charge in [-0.3, -0.25) is 0 Å². The summed E-state index contributed by atoms with van der Waals surface area (Å²) in [5.41, 5.74) is 7.58. The van der Waals surface area contributed by atoms with Crippen LogP contribution in [0.15, 0.2) is 24.3 Å². The average molecular weight is 265 g/mol. The van der Waals surface area contributed by atoms with Crippen LogP contribution in [0.4, 0.5) is 0 Å². The molecule has 3 nitrogen and oxygen atoms in total. The highest BCUT2D eigenvalue weighted by Crippen LogP contribution is 2.14. The fourth-order valence-corrected chi connectivity index (χ4v) is 2.19. The number of benzene rings is 1. The predicted molar refractivity (Wildman–Crippen MR) is 75.6 cm³/mol. The van der Waals surface area contributed by atoms with Crippen LogP contribution < -0.4 is 5.73 Å². The summed E-state index contributed by atoms with van der Waals surface area (Å²) in [4.78, 5) is 0.424. The molecule has 0 spiro atoms. The van der Waals surface area contributed by atoms with Gasteiger partial charge in [0.25, 0.3) is 0 Å². The molecule has 1 aromatic carbocycles. The van der Waals surface area contributed by atoms with Crippen molar-refractivity contribution in [3.05, 3.63) is 35.4 Å². The van der Waals surface area contributed by atoms with E-state index in [1.54, 1.807) is 0 Å². The zero-order chi connectivity index (χ0) is 12.8. The normalized spacial score (nSPS) is 19.7. The molecule has 18 heavy (non-hydrogen) atoms. The molecule has 0 bridgehead atoms. The molecule has 1 heterocycles. The molecule has 1 atom stereocenters. The zero-order valence-electron chi connectivity index (χ0n) is 10.4. The quantitative estimate of drug-likeness (QED) is 0.830. The van der Waals surface area contributed by atoms with Gasteiger partial charge in [0.15, 0.2) is 0 Å². The van der Waals surface area contributed by atoms with Crippen molar-refractivity contribution in [2.75, 3.05) is 13.2 Å². The molecular weight excluding hydrogens is 246 g/mol. The van der Waals surface area contributed by atoms with Crippen molar-refractivity contribution in [1.82, 2.24) is 0 Å². The van der Waals surface area contributed by atoms with Crippen LogP contribution in [0.1, 0.15) is 30.4 Å². The minimum absolute atomic E-state index is 0.262. The van der Waals surface area contributed by atoms with Crippen LogP contribution >= 0.6 is 12.2 Å². The van der Waals surface area contributed by atoms with Crippen molar-refractivity contribution >= 4 is 17.2 Å². The molecule has 1 aliphatic heterocycles. The summed E-state index contributed by atoms with van der Waals surface area (Å²) in [5.74, 6) is 0. The lowest BCUT2D eigenvalue weighted by molar-refractivity contribution is -0.0447. The van der Waals surface area contributed by atoms with Crippen LogP contribution in [-0.2, 0) is 16.1 Å². The maximum absolute atomic E-state index is 5.68. The molecule has 0 aliphatic carbocycles. The van der Waals surface area contributed by atoms with E-state index >= 15 is 0 Å². The molecule has 0 saturated carbocycles. The summed E-state index contributed by atoms with van der Waals surface area (Å²) < 4.78 is 11.3. The maximum atomic E-state index is 5.68. The van der Waals surface area contributed by atoms with Crippen molar-refractivity contribution in [1.29, 1.82) is 0 Å². The molecule has 1 fully saturated rings. The Morgan fingerprint density at radius 2 is 2.33 bits per heavy atom. The number of hydrogen-bond acceptors (Lipinski definition) is 3. The van der Waals surface area contributed by atoms with Crippen LogP contribution in [0, 0.1) is 0 Å². The lowest BCUT2D eigenvalue weighted by Gasteiger charge is -2.22. The second-order valence-corrected chi connectivity index (χ2v) is 5.01. The van der Waals surface area contributed by atoms with E-state index in [4.69, 9.17) is 27.4 Å². The maximum Gasteiger partial charge on any atom is 0.103 e. The van der Waals surface area contributed by atoms with Crippen LogP contribution in [-0.4, -0.2) is 24.3 Å². The van der Waals surface area contributed by atoms with Gasteiger partial charge in [0, 0.05) is 12.2 Å². The summed E-state index contributed by atoms with van der Waals surface area (Å²) in [6.07, 6.45) is 3.78. The summed E-state index contributed by atoms with van der Waals surface area (Å²) in [5, 5.41) is 0. The SMILES string of the molecule is NC(=S)c1cccc(COCC2CCCCO2)c1. The Morgan fingerprint density at radius 1 is 1.44 bits per heavy atom. The standard InChI is InChI=1S/C14H19NO2S/c15-14(18)12-5-3-4-11(8-12)9-16-10-13-6-1-2-7-17-13/h3-5,8,13H,1-2,6-7,9-10H2,(H2,15,18). The third-order valence-corrected chi connectivity index (χ3v) is 3.29. The van der Waals surface area contributed by atoms with E-state index in [-0.39, 0.29) is 6.10 Å². The van der Waals surface area contributed by atoms with E-state index in [0.717, 1.165) is 24.2 Å². The Bertz CT molecular complexity index is 403. The highest BCUT2D eigenvalue weighted by atomic mass is 32.1. The van der Waals surface area contributed by atoms with E-state index in [0.29, 0.717) is 18.2 Å². The van der Waals surface area contributed by atoms with Gasteiger partial charge in [-0.05, 0) is 30.9 Å². The van der Waals surface area contributed by atoms with Crippen LogP contribution in [0.25, 0.3) is 0 Å². The van der Waals surface area contributed by atoms with Gasteiger partial charge in [-0.25, -0.2) is 0 Å². The lowest BCUT2D eigenvalue weighted by Crippen LogP contribution is -2.24. The topological polar surface area (TPSA) is 44.5 Å². The first-order chi connectivity index (χ1) is 8.75.